The van der Waals surface area contributed by atoms with Crippen molar-refractivity contribution in [1.82, 2.24) is 0 Å². The van der Waals surface area contributed by atoms with Crippen molar-refractivity contribution in [3.63, 3.8) is 0 Å². The van der Waals surface area contributed by atoms with E-state index < -0.39 is 97.5 Å². The number of aliphatic hydroxyl groups is 1. The highest BCUT2D eigenvalue weighted by Crippen LogP contribution is 2.45. The van der Waals surface area contributed by atoms with Gasteiger partial charge in [0, 0.05) is 25.7 Å². The van der Waals surface area contributed by atoms with E-state index in [-0.39, 0.29) is 25.7 Å². The Morgan fingerprint density at radius 1 is 0.255 bits per heavy atom. The Kier molecular flexibility index (Phi) is 66.8. The van der Waals surface area contributed by atoms with Crippen LogP contribution >= 0.6 is 15.6 Å². The van der Waals surface area contributed by atoms with E-state index in [1.54, 1.807) is 0 Å². The maximum atomic E-state index is 13.1. The summed E-state index contributed by atoms with van der Waals surface area (Å²) in [5.74, 6) is 0.928. The van der Waals surface area contributed by atoms with Crippen molar-refractivity contribution in [1.29, 1.82) is 0 Å². The molecular formula is C79H154O17P2. The van der Waals surface area contributed by atoms with Crippen LogP contribution in [0, 0.1) is 23.7 Å². The zero-order valence-electron chi connectivity index (χ0n) is 64.4. The van der Waals surface area contributed by atoms with Gasteiger partial charge in [-0.25, -0.2) is 9.13 Å². The minimum absolute atomic E-state index is 0.105. The van der Waals surface area contributed by atoms with Crippen molar-refractivity contribution in [2.24, 2.45) is 23.7 Å². The molecule has 19 heteroatoms. The van der Waals surface area contributed by atoms with Gasteiger partial charge in [-0.15, -0.1) is 0 Å². The lowest BCUT2D eigenvalue weighted by atomic mass is 10.0. The molecule has 0 aromatic heterocycles. The molecule has 582 valence electrons. The molecule has 0 bridgehead atoms. The van der Waals surface area contributed by atoms with Crippen molar-refractivity contribution in [3.8, 4) is 0 Å². The first kappa shape index (κ1) is 96.1. The average molecular weight is 1440 g/mol. The summed E-state index contributed by atoms with van der Waals surface area (Å²) in [6, 6.07) is 0. The predicted octanol–water partition coefficient (Wildman–Crippen LogP) is 23.2. The molecule has 0 spiro atoms. The number of hydrogen-bond acceptors (Lipinski definition) is 15. The lowest BCUT2D eigenvalue weighted by Gasteiger charge is -2.21. The normalized spacial score (nSPS) is 14.1. The van der Waals surface area contributed by atoms with E-state index in [1.165, 1.54) is 199 Å². The molecule has 3 N–H and O–H groups in total. The smallest absolute Gasteiger partial charge is 0.462 e. The monoisotopic (exact) mass is 1440 g/mol. The van der Waals surface area contributed by atoms with Gasteiger partial charge in [0.15, 0.2) is 12.2 Å². The van der Waals surface area contributed by atoms with Gasteiger partial charge in [-0.1, -0.05) is 351 Å². The molecule has 0 saturated heterocycles. The van der Waals surface area contributed by atoms with Crippen molar-refractivity contribution >= 4 is 39.5 Å². The second-order valence-electron chi connectivity index (χ2n) is 30.4. The molecule has 98 heavy (non-hydrogen) atoms. The molecule has 2 unspecified atom stereocenters. The highest BCUT2D eigenvalue weighted by molar-refractivity contribution is 7.47. The van der Waals surface area contributed by atoms with E-state index in [0.717, 1.165) is 114 Å². The highest BCUT2D eigenvalue weighted by Gasteiger charge is 2.30. The number of carbonyl (C=O) groups is 4. The highest BCUT2D eigenvalue weighted by atomic mass is 31.2. The molecule has 0 aromatic carbocycles. The zero-order chi connectivity index (χ0) is 72.4. The van der Waals surface area contributed by atoms with Gasteiger partial charge in [-0.2, -0.15) is 0 Å². The van der Waals surface area contributed by atoms with Gasteiger partial charge in [0.2, 0.25) is 0 Å². The van der Waals surface area contributed by atoms with Gasteiger partial charge < -0.3 is 33.8 Å². The van der Waals surface area contributed by atoms with E-state index in [0.29, 0.717) is 31.6 Å². The third-order valence-electron chi connectivity index (χ3n) is 18.3. The lowest BCUT2D eigenvalue weighted by molar-refractivity contribution is -0.161. The van der Waals surface area contributed by atoms with E-state index >= 15 is 0 Å². The number of aliphatic hydroxyl groups excluding tert-OH is 1. The number of phosphoric acid groups is 2. The Morgan fingerprint density at radius 2 is 0.429 bits per heavy atom. The number of hydrogen-bond donors (Lipinski definition) is 3. The second kappa shape index (κ2) is 68.2. The van der Waals surface area contributed by atoms with Gasteiger partial charge in [0.05, 0.1) is 26.4 Å². The summed E-state index contributed by atoms with van der Waals surface area (Å²) in [6.45, 7) is 14.2. The summed E-state index contributed by atoms with van der Waals surface area (Å²) in [6.07, 6.45) is 54.3. The number of rotatable bonds is 76. The quantitative estimate of drug-likeness (QED) is 0.0222. The summed E-state index contributed by atoms with van der Waals surface area (Å²) in [4.78, 5) is 72.9. The Hall–Kier alpha value is -1.94. The first-order chi connectivity index (χ1) is 47.1. The fourth-order valence-electron chi connectivity index (χ4n) is 12.1. The molecule has 0 amide bonds. The van der Waals surface area contributed by atoms with Gasteiger partial charge in [0.25, 0.3) is 0 Å². The van der Waals surface area contributed by atoms with Gasteiger partial charge in [-0.3, -0.25) is 37.3 Å². The second-order valence-corrected chi connectivity index (χ2v) is 33.3. The molecule has 0 aliphatic carbocycles. The van der Waals surface area contributed by atoms with Crippen LogP contribution in [0.1, 0.15) is 402 Å². The van der Waals surface area contributed by atoms with Crippen LogP contribution in [0.15, 0.2) is 0 Å². The van der Waals surface area contributed by atoms with Crippen molar-refractivity contribution < 1.29 is 80.2 Å². The molecule has 0 fully saturated rings. The van der Waals surface area contributed by atoms with Gasteiger partial charge in [0.1, 0.15) is 19.3 Å². The van der Waals surface area contributed by atoms with Gasteiger partial charge in [-0.05, 0) is 49.4 Å². The van der Waals surface area contributed by atoms with Crippen LogP contribution in [-0.4, -0.2) is 96.7 Å². The zero-order valence-corrected chi connectivity index (χ0v) is 66.2. The summed E-state index contributed by atoms with van der Waals surface area (Å²) in [5.41, 5.74) is 0. The third kappa shape index (κ3) is 72.4. The molecule has 0 aliphatic rings. The maximum Gasteiger partial charge on any atom is 0.472 e. The standard InChI is InChI=1S/C79H154O17P2/c1-69(2)55-47-39-31-25-19-14-10-9-11-16-22-28-34-43-51-59-76(81)89-65-74(95-78(83)61-53-45-35-29-23-17-13-12-15-20-26-32-40-48-56-70(3)4)67-93-97(85,86)91-63-73(80)64-92-98(87,88)94-68-75(66-90-77(82)60-52-44-38-37-42-50-58-72(7)8)96-79(84)62-54-46-36-30-24-18-21-27-33-41-49-57-71(5)6/h69-75,80H,9-68H2,1-8H3,(H,85,86)(H,87,88)/t73-,74-,75-/m1/s1. The van der Waals surface area contributed by atoms with Gasteiger partial charge >= 0.3 is 39.5 Å². The summed E-state index contributed by atoms with van der Waals surface area (Å²) in [7, 11) is -9.92. The largest absolute Gasteiger partial charge is 0.472 e. The Morgan fingerprint density at radius 3 is 0.633 bits per heavy atom. The maximum absolute atomic E-state index is 13.1. The van der Waals surface area contributed by atoms with Crippen LogP contribution in [0.3, 0.4) is 0 Å². The van der Waals surface area contributed by atoms with Crippen molar-refractivity contribution in [2.75, 3.05) is 39.6 Å². The van der Waals surface area contributed by atoms with E-state index in [4.69, 9.17) is 37.0 Å². The fourth-order valence-corrected chi connectivity index (χ4v) is 13.7. The third-order valence-corrected chi connectivity index (χ3v) is 20.2. The van der Waals surface area contributed by atoms with E-state index in [9.17, 15) is 43.2 Å². The Labute approximate surface area is 600 Å². The molecule has 0 radical (unpaired) electrons. The summed E-state index contributed by atoms with van der Waals surface area (Å²) >= 11 is 0. The first-order valence-electron chi connectivity index (χ1n) is 40.7. The minimum Gasteiger partial charge on any atom is -0.462 e. The Balaban J connectivity index is 5.23. The Bertz CT molecular complexity index is 1920. The number of unbranched alkanes of at least 4 members (excludes halogenated alkanes) is 42. The van der Waals surface area contributed by atoms with Crippen molar-refractivity contribution in [3.05, 3.63) is 0 Å². The van der Waals surface area contributed by atoms with Crippen LogP contribution in [0.2, 0.25) is 0 Å². The molecule has 0 aliphatic heterocycles. The van der Waals surface area contributed by atoms with Crippen LogP contribution in [-0.2, 0) is 65.4 Å². The number of carbonyl (C=O) groups excluding carboxylic acids is 4. The van der Waals surface area contributed by atoms with Crippen molar-refractivity contribution in [2.45, 2.75) is 420 Å². The number of phosphoric ester groups is 2. The predicted molar refractivity (Wildman–Crippen MR) is 400 cm³/mol. The average Bonchev–Trinajstić information content (AvgIpc) is 1.00. The van der Waals surface area contributed by atoms with Crippen LogP contribution in [0.5, 0.6) is 0 Å². The number of esters is 4. The molecule has 0 saturated carbocycles. The minimum atomic E-state index is -4.96. The molecule has 17 nitrogen and oxygen atoms in total. The van der Waals surface area contributed by atoms with E-state index in [1.807, 2.05) is 0 Å². The molecule has 0 heterocycles. The van der Waals surface area contributed by atoms with E-state index in [2.05, 4.69) is 55.4 Å². The molecule has 0 rings (SSSR count). The molecule has 0 aromatic rings. The topological polar surface area (TPSA) is 237 Å². The molecule has 5 atom stereocenters. The summed E-state index contributed by atoms with van der Waals surface area (Å²) < 4.78 is 68.6. The van der Waals surface area contributed by atoms with Crippen LogP contribution < -0.4 is 0 Å². The molecular weight excluding hydrogens is 1280 g/mol. The number of ether oxygens (including phenoxy) is 4. The fraction of sp³-hybridized carbons (Fsp3) is 0.949. The first-order valence-corrected chi connectivity index (χ1v) is 43.7. The SMILES string of the molecule is CC(C)CCCCCCCCCCCCCCCCCC(=O)OC[C@H](COP(=O)(O)OC[C@@H](O)COP(=O)(O)OC[C@@H](COC(=O)CCCCCCCCC(C)C)OC(=O)CCCCCCCCCCCCCC(C)C)OC(=O)CCCCCCCCCCCCCCCCC(C)C. The lowest BCUT2D eigenvalue weighted by Crippen LogP contribution is -2.30. The van der Waals surface area contributed by atoms with Crippen LogP contribution in [0.4, 0.5) is 0 Å². The van der Waals surface area contributed by atoms with Crippen LogP contribution in [0.25, 0.3) is 0 Å². The summed E-state index contributed by atoms with van der Waals surface area (Å²) in [5, 5.41) is 10.6.